The molecule has 0 spiro atoms. The van der Waals surface area contributed by atoms with Crippen molar-refractivity contribution < 1.29 is 9.90 Å². The average Bonchev–Trinajstić information content (AvgIpc) is 2.74. The number of nitrogens with one attached hydrogen (secondary N) is 1. The molecule has 0 aliphatic heterocycles. The second kappa shape index (κ2) is 4.38. The normalized spacial score (nSPS) is 10.8. The number of rotatable bonds is 2. The molecule has 1 heterocycles. The summed E-state index contributed by atoms with van der Waals surface area (Å²) in [5.74, 6) is -1.02. The van der Waals surface area contributed by atoms with E-state index >= 15 is 0 Å². The summed E-state index contributed by atoms with van der Waals surface area (Å²) in [6.07, 6.45) is 0. The van der Waals surface area contributed by atoms with Crippen LogP contribution in [0.3, 0.4) is 0 Å². The van der Waals surface area contributed by atoms with Gasteiger partial charge in [-0.2, -0.15) is 0 Å². The minimum absolute atomic E-state index is 0.148. The molecular weight excluding hydrogens is 256 g/mol. The van der Waals surface area contributed by atoms with Crippen molar-refractivity contribution in [3.05, 3.63) is 64.1 Å². The van der Waals surface area contributed by atoms with Gasteiger partial charge in [0.15, 0.2) is 0 Å². The highest BCUT2D eigenvalue weighted by molar-refractivity contribution is 5.92. The highest BCUT2D eigenvalue weighted by atomic mass is 16.4. The molecule has 1 aromatic heterocycles. The molecule has 100 valence electrons. The number of aromatic nitrogens is 2. The zero-order valence-corrected chi connectivity index (χ0v) is 10.8. The third-order valence-corrected chi connectivity index (χ3v) is 3.22. The minimum Gasteiger partial charge on any atom is -0.478 e. The number of nitrogens with zero attached hydrogens (tertiary/aromatic N) is 1. The first-order chi connectivity index (χ1) is 9.56. The topological polar surface area (TPSA) is 75.1 Å². The second-order valence-electron chi connectivity index (χ2n) is 4.64. The smallest absolute Gasteiger partial charge is 0.335 e. The number of fused-ring (bicyclic) bond motifs is 1. The summed E-state index contributed by atoms with van der Waals surface area (Å²) in [7, 11) is 0. The van der Waals surface area contributed by atoms with Crippen LogP contribution in [0.1, 0.15) is 15.9 Å². The maximum Gasteiger partial charge on any atom is 0.335 e. The van der Waals surface area contributed by atoms with E-state index in [2.05, 4.69) is 4.98 Å². The fourth-order valence-electron chi connectivity index (χ4n) is 2.19. The predicted octanol–water partition coefficient (Wildman–Crippen LogP) is 2.33. The first kappa shape index (κ1) is 12.2. The average molecular weight is 268 g/mol. The van der Waals surface area contributed by atoms with Crippen LogP contribution in [0, 0.1) is 6.92 Å². The molecule has 0 unspecified atom stereocenters. The van der Waals surface area contributed by atoms with E-state index in [1.165, 1.54) is 16.7 Å². The lowest BCUT2D eigenvalue weighted by Gasteiger charge is -2.04. The van der Waals surface area contributed by atoms with Crippen LogP contribution in [0.4, 0.5) is 0 Å². The molecule has 2 aromatic carbocycles. The van der Waals surface area contributed by atoms with Crippen molar-refractivity contribution in [2.45, 2.75) is 6.92 Å². The van der Waals surface area contributed by atoms with Gasteiger partial charge < -0.3 is 10.1 Å². The molecule has 0 aliphatic carbocycles. The molecule has 3 aromatic rings. The molecule has 3 rings (SSSR count). The van der Waals surface area contributed by atoms with Gasteiger partial charge in [-0.1, -0.05) is 17.7 Å². The lowest BCUT2D eigenvalue weighted by Crippen LogP contribution is -2.14. The Hall–Kier alpha value is -2.82. The number of H-pyrrole nitrogens is 1. The maximum atomic E-state index is 12.1. The molecule has 0 fully saturated rings. The lowest BCUT2D eigenvalue weighted by atomic mass is 10.2. The van der Waals surface area contributed by atoms with E-state index < -0.39 is 5.97 Å². The number of carboxylic acids is 1. The summed E-state index contributed by atoms with van der Waals surface area (Å²) in [6.45, 7) is 1.97. The van der Waals surface area contributed by atoms with Gasteiger partial charge >= 0.3 is 11.7 Å². The van der Waals surface area contributed by atoms with Crippen molar-refractivity contribution in [1.29, 1.82) is 0 Å². The Morgan fingerprint density at radius 3 is 2.50 bits per heavy atom. The fourth-order valence-corrected chi connectivity index (χ4v) is 2.19. The van der Waals surface area contributed by atoms with Gasteiger partial charge in [0, 0.05) is 0 Å². The SMILES string of the molecule is Cc1ccc(-n2c(=O)[nH]c3cc(C(=O)O)ccc32)cc1. The van der Waals surface area contributed by atoms with Gasteiger partial charge in [0.05, 0.1) is 22.3 Å². The van der Waals surface area contributed by atoms with E-state index in [1.807, 2.05) is 31.2 Å². The summed E-state index contributed by atoms with van der Waals surface area (Å²) in [5, 5.41) is 8.97. The Morgan fingerprint density at radius 2 is 1.85 bits per heavy atom. The van der Waals surface area contributed by atoms with Crippen LogP contribution in [0.2, 0.25) is 0 Å². The van der Waals surface area contributed by atoms with Crippen LogP contribution in [0.5, 0.6) is 0 Å². The molecule has 0 atom stereocenters. The van der Waals surface area contributed by atoms with Crippen molar-refractivity contribution in [2.75, 3.05) is 0 Å². The molecule has 20 heavy (non-hydrogen) atoms. The largest absolute Gasteiger partial charge is 0.478 e. The van der Waals surface area contributed by atoms with Gasteiger partial charge in [0.25, 0.3) is 0 Å². The quantitative estimate of drug-likeness (QED) is 0.749. The van der Waals surface area contributed by atoms with E-state index in [-0.39, 0.29) is 11.3 Å². The summed E-state index contributed by atoms with van der Waals surface area (Å²) < 4.78 is 1.53. The Labute approximate surface area is 114 Å². The van der Waals surface area contributed by atoms with Crippen molar-refractivity contribution in [1.82, 2.24) is 9.55 Å². The Bertz CT molecular complexity index is 857. The predicted molar refractivity (Wildman–Crippen MR) is 75.6 cm³/mol. The van der Waals surface area contributed by atoms with E-state index in [0.717, 1.165) is 11.3 Å². The van der Waals surface area contributed by atoms with Crippen molar-refractivity contribution in [3.63, 3.8) is 0 Å². The van der Waals surface area contributed by atoms with Crippen LogP contribution in [0.25, 0.3) is 16.7 Å². The molecule has 0 amide bonds. The first-order valence-corrected chi connectivity index (χ1v) is 6.11. The Morgan fingerprint density at radius 1 is 1.15 bits per heavy atom. The number of benzene rings is 2. The third-order valence-electron chi connectivity index (χ3n) is 3.22. The number of aryl methyl sites for hydroxylation is 1. The summed E-state index contributed by atoms with van der Waals surface area (Å²) in [5.41, 5.74) is 2.88. The standard InChI is InChI=1S/C15H12N2O3/c1-9-2-5-11(6-3-9)17-13-7-4-10(14(18)19)8-12(13)16-15(17)20/h2-8H,1H3,(H,16,20)(H,18,19). The minimum atomic E-state index is -1.02. The third kappa shape index (κ3) is 1.89. The number of hydrogen-bond acceptors (Lipinski definition) is 2. The van der Waals surface area contributed by atoms with Crippen molar-refractivity contribution in [3.8, 4) is 5.69 Å². The zero-order valence-electron chi connectivity index (χ0n) is 10.8. The molecule has 5 heteroatoms. The van der Waals surface area contributed by atoms with Gasteiger partial charge in [0.2, 0.25) is 0 Å². The number of aromatic amines is 1. The highest BCUT2D eigenvalue weighted by Crippen LogP contribution is 2.17. The van der Waals surface area contributed by atoms with E-state index in [4.69, 9.17) is 5.11 Å². The summed E-state index contributed by atoms with van der Waals surface area (Å²) in [6, 6.07) is 12.1. The molecular formula is C15H12N2O3. The van der Waals surface area contributed by atoms with Gasteiger partial charge in [-0.25, -0.2) is 9.59 Å². The second-order valence-corrected chi connectivity index (χ2v) is 4.64. The summed E-state index contributed by atoms with van der Waals surface area (Å²) in [4.78, 5) is 25.7. The molecule has 0 saturated heterocycles. The number of carboxylic acid groups (broad SMARTS) is 1. The van der Waals surface area contributed by atoms with Gasteiger partial charge in [-0.05, 0) is 37.3 Å². The molecule has 5 nitrogen and oxygen atoms in total. The molecule has 0 radical (unpaired) electrons. The number of imidazole rings is 1. The van der Waals surface area contributed by atoms with Crippen LogP contribution in [0.15, 0.2) is 47.3 Å². The van der Waals surface area contributed by atoms with Gasteiger partial charge in [0.1, 0.15) is 0 Å². The monoisotopic (exact) mass is 268 g/mol. The highest BCUT2D eigenvalue weighted by Gasteiger charge is 2.11. The van der Waals surface area contributed by atoms with Crippen LogP contribution >= 0.6 is 0 Å². The Balaban J connectivity index is 2.26. The van der Waals surface area contributed by atoms with E-state index in [9.17, 15) is 9.59 Å². The fraction of sp³-hybridized carbons (Fsp3) is 0.0667. The van der Waals surface area contributed by atoms with Gasteiger partial charge in [-0.15, -0.1) is 0 Å². The number of aromatic carboxylic acids is 1. The van der Waals surface area contributed by atoms with E-state index in [1.54, 1.807) is 6.07 Å². The first-order valence-electron chi connectivity index (χ1n) is 6.11. The number of carbonyl (C=O) groups is 1. The maximum absolute atomic E-state index is 12.1. The molecule has 0 aliphatic rings. The Kier molecular flexibility index (Phi) is 2.68. The molecule has 0 bridgehead atoms. The van der Waals surface area contributed by atoms with Crippen LogP contribution in [-0.2, 0) is 0 Å². The van der Waals surface area contributed by atoms with E-state index in [0.29, 0.717) is 11.0 Å². The van der Waals surface area contributed by atoms with Crippen LogP contribution in [-0.4, -0.2) is 20.6 Å². The number of hydrogen-bond donors (Lipinski definition) is 2. The molecule has 0 saturated carbocycles. The molecule has 2 N–H and O–H groups in total. The van der Waals surface area contributed by atoms with Crippen molar-refractivity contribution in [2.24, 2.45) is 0 Å². The van der Waals surface area contributed by atoms with Gasteiger partial charge in [-0.3, -0.25) is 4.57 Å². The lowest BCUT2D eigenvalue weighted by molar-refractivity contribution is 0.0697. The van der Waals surface area contributed by atoms with Crippen molar-refractivity contribution >= 4 is 17.0 Å². The zero-order chi connectivity index (χ0) is 14.3. The van der Waals surface area contributed by atoms with Crippen LogP contribution < -0.4 is 5.69 Å². The summed E-state index contributed by atoms with van der Waals surface area (Å²) >= 11 is 0.